The van der Waals surface area contributed by atoms with Crippen LogP contribution in [0.15, 0.2) is 90.5 Å². The molecule has 0 N–H and O–H groups in total. The van der Waals surface area contributed by atoms with Gasteiger partial charge in [0.25, 0.3) is 0 Å². The first kappa shape index (κ1) is 52.3. The van der Waals surface area contributed by atoms with Crippen molar-refractivity contribution in [2.45, 2.75) is 93.8 Å². The zero-order valence-electron chi connectivity index (χ0n) is 37.5. The number of rotatable bonds is 18. The molecule has 3 aromatic carbocycles. The molecule has 4 rings (SSSR count). The molecule has 0 bridgehead atoms. The minimum absolute atomic E-state index is 0. The van der Waals surface area contributed by atoms with Crippen LogP contribution in [-0.2, 0) is 45.5 Å². The van der Waals surface area contributed by atoms with Crippen LogP contribution in [0.1, 0.15) is 90.8 Å². The fourth-order valence-electron chi connectivity index (χ4n) is 6.56. The van der Waals surface area contributed by atoms with Gasteiger partial charge in [0, 0.05) is 102 Å². The second kappa shape index (κ2) is 31.4. The molecule has 0 saturated carbocycles. The van der Waals surface area contributed by atoms with Crippen LogP contribution in [0.3, 0.4) is 0 Å². The van der Waals surface area contributed by atoms with Crippen LogP contribution in [-0.4, -0.2) is 96.3 Å². The molecule has 306 valence electrons. The Labute approximate surface area is 359 Å². The third kappa shape index (κ3) is 20.9. The summed E-state index contributed by atoms with van der Waals surface area (Å²) >= 11 is 0. The number of unbranched alkanes of at least 4 members (excludes halogenated alkanes) is 1. The van der Waals surface area contributed by atoms with Gasteiger partial charge < -0.3 is 29.4 Å². The minimum atomic E-state index is 0. The molecule has 0 spiro atoms. The van der Waals surface area contributed by atoms with Crippen LogP contribution >= 0.6 is 0 Å². The minimum Gasteiger partial charge on any atom is -0.372 e. The summed E-state index contributed by atoms with van der Waals surface area (Å²) in [5, 5.41) is 0. The van der Waals surface area contributed by atoms with E-state index >= 15 is 0 Å². The van der Waals surface area contributed by atoms with Crippen LogP contribution in [0.25, 0.3) is 0 Å². The third-order valence-corrected chi connectivity index (χ3v) is 9.31. The average Bonchev–Trinajstić information content (AvgIpc) is 3.68. The molecule has 0 aliphatic heterocycles. The third-order valence-electron chi connectivity index (χ3n) is 9.31. The first-order valence-corrected chi connectivity index (χ1v) is 20.7. The Balaban J connectivity index is 0.000000713. The number of para-hydroxylation sites is 3. The molecular formula is C48H79HfN6-. The topological polar surface area (TPSA) is 19.4 Å². The van der Waals surface area contributed by atoms with E-state index in [1.54, 1.807) is 0 Å². The zero-order chi connectivity index (χ0) is 40.3. The number of benzene rings is 3. The summed E-state index contributed by atoms with van der Waals surface area (Å²) in [6, 6.07) is 26.0. The Morgan fingerprint density at radius 3 is 1.02 bits per heavy atom. The molecule has 0 heterocycles. The largest absolute Gasteiger partial charge is 0.372 e. The number of nitrogens with zero attached hydrogens (tertiary/aromatic N) is 6. The van der Waals surface area contributed by atoms with E-state index in [2.05, 4.69) is 211 Å². The van der Waals surface area contributed by atoms with E-state index < -0.39 is 0 Å². The van der Waals surface area contributed by atoms with Crippen LogP contribution in [0.5, 0.6) is 0 Å². The van der Waals surface area contributed by atoms with Crippen molar-refractivity contribution in [3.8, 4) is 0 Å². The van der Waals surface area contributed by atoms with E-state index in [0.717, 1.165) is 65.3 Å². The van der Waals surface area contributed by atoms with Gasteiger partial charge >= 0.3 is 0 Å². The molecule has 0 radical (unpaired) electrons. The van der Waals surface area contributed by atoms with Gasteiger partial charge in [-0.25, -0.2) is 11.6 Å². The number of allylic oxidation sites excluding steroid dienone is 4. The Morgan fingerprint density at radius 1 is 0.473 bits per heavy atom. The van der Waals surface area contributed by atoms with E-state index in [-0.39, 0.29) is 25.8 Å². The average molecular weight is 919 g/mol. The molecule has 0 unspecified atom stereocenters. The fraction of sp³-hybridized carbons (Fsp3) is 0.542. The predicted octanol–water partition coefficient (Wildman–Crippen LogP) is 10.6. The number of hydrogen-bond donors (Lipinski definition) is 0. The van der Waals surface area contributed by atoms with E-state index in [1.807, 2.05) is 0 Å². The van der Waals surface area contributed by atoms with Gasteiger partial charge in [-0.1, -0.05) is 80.8 Å². The van der Waals surface area contributed by atoms with Crippen molar-refractivity contribution in [1.82, 2.24) is 14.7 Å². The number of anilines is 3. The maximum Gasteiger partial charge on any atom is 0.0411 e. The van der Waals surface area contributed by atoms with Gasteiger partial charge in [0.2, 0.25) is 0 Å². The second-order valence-electron chi connectivity index (χ2n) is 14.5. The van der Waals surface area contributed by atoms with Gasteiger partial charge in [0.15, 0.2) is 0 Å². The molecule has 0 aromatic heterocycles. The van der Waals surface area contributed by atoms with Gasteiger partial charge in [0.05, 0.1) is 0 Å². The Hall–Kier alpha value is -2.71. The molecule has 1 aliphatic rings. The van der Waals surface area contributed by atoms with Crippen molar-refractivity contribution in [2.24, 2.45) is 0 Å². The van der Waals surface area contributed by atoms with Crippen LogP contribution in [0, 0.1) is 6.08 Å². The molecule has 1 aliphatic carbocycles. The van der Waals surface area contributed by atoms with Gasteiger partial charge in [-0.05, 0) is 119 Å². The van der Waals surface area contributed by atoms with E-state index in [4.69, 9.17) is 0 Å². The Morgan fingerprint density at radius 2 is 0.782 bits per heavy atom. The molecule has 7 heteroatoms. The monoisotopic (exact) mass is 920 g/mol. The van der Waals surface area contributed by atoms with Gasteiger partial charge in [-0.2, -0.15) is 6.08 Å². The molecule has 0 fully saturated rings. The SMILES string of the molecule is CCCCC1=[C-]CC=C1.CCN(CC)c1ccccc1CN(C)C.CCN(CC)c1ccccc1CN(C)C.CCN(CC)c1ccccc1CN(C)C.[Hf]. The van der Waals surface area contributed by atoms with E-state index in [1.165, 1.54) is 58.6 Å². The van der Waals surface area contributed by atoms with Crippen molar-refractivity contribution < 1.29 is 25.8 Å². The standard InChI is InChI=1S/3C13H22N2.C9H13.Hf/c3*1-5-15(6-2)13-10-8-7-9-12(13)11-14(3)4;1-2-3-6-9-7-4-5-8-9;/h3*7-10H,5-6,11H2,1-4H3;4,7H,2-3,5-6H2,1H3;/q;;;-1;. The molecular weight excluding hydrogens is 839 g/mol. The molecule has 0 amide bonds. The van der Waals surface area contributed by atoms with Crippen LogP contribution in [0.2, 0.25) is 0 Å². The van der Waals surface area contributed by atoms with E-state index in [9.17, 15) is 0 Å². The van der Waals surface area contributed by atoms with Gasteiger partial charge in [-0.15, -0.1) is 6.42 Å². The summed E-state index contributed by atoms with van der Waals surface area (Å²) in [7, 11) is 12.7. The van der Waals surface area contributed by atoms with Crippen molar-refractivity contribution >= 4 is 17.1 Å². The summed E-state index contributed by atoms with van der Waals surface area (Å²) in [5.74, 6) is 0. The predicted molar refractivity (Wildman–Crippen MR) is 242 cm³/mol. The quantitative estimate of drug-likeness (QED) is 0.0929. The first-order valence-electron chi connectivity index (χ1n) is 20.7. The molecule has 3 aromatic rings. The maximum absolute atomic E-state index is 3.30. The van der Waals surface area contributed by atoms with Crippen molar-refractivity contribution in [3.63, 3.8) is 0 Å². The molecule has 0 saturated heterocycles. The summed E-state index contributed by atoms with van der Waals surface area (Å²) in [4.78, 5) is 13.8. The molecule has 6 nitrogen and oxygen atoms in total. The normalized spacial score (nSPS) is 11.5. The number of hydrogen-bond acceptors (Lipinski definition) is 6. The van der Waals surface area contributed by atoms with Crippen LogP contribution < -0.4 is 14.7 Å². The fourth-order valence-corrected chi connectivity index (χ4v) is 6.56. The Bertz CT molecular complexity index is 1290. The molecule has 0 atom stereocenters. The summed E-state index contributed by atoms with van der Waals surface area (Å²) in [6.07, 6.45) is 12.5. The smallest absolute Gasteiger partial charge is 0.0411 e. The van der Waals surface area contributed by atoms with Crippen LogP contribution in [0.4, 0.5) is 17.1 Å². The van der Waals surface area contributed by atoms with E-state index in [0.29, 0.717) is 0 Å². The van der Waals surface area contributed by atoms with Crippen molar-refractivity contribution in [2.75, 3.05) is 96.3 Å². The summed E-state index contributed by atoms with van der Waals surface area (Å²) in [6.45, 7) is 24.9. The zero-order valence-corrected chi connectivity index (χ0v) is 41.1. The van der Waals surface area contributed by atoms with Gasteiger partial charge in [-0.3, -0.25) is 6.08 Å². The first-order chi connectivity index (χ1) is 26.0. The Kier molecular flexibility index (Phi) is 29.8. The molecule has 55 heavy (non-hydrogen) atoms. The second-order valence-corrected chi connectivity index (χ2v) is 14.5. The van der Waals surface area contributed by atoms with Gasteiger partial charge in [0.1, 0.15) is 0 Å². The summed E-state index contributed by atoms with van der Waals surface area (Å²) < 4.78 is 0. The van der Waals surface area contributed by atoms with Crippen molar-refractivity contribution in [3.05, 3.63) is 113 Å². The summed E-state index contributed by atoms with van der Waals surface area (Å²) in [5.41, 5.74) is 9.75. The maximum atomic E-state index is 3.30. The van der Waals surface area contributed by atoms with Crippen molar-refractivity contribution in [1.29, 1.82) is 0 Å².